The van der Waals surface area contributed by atoms with Crippen molar-refractivity contribution in [2.24, 2.45) is 0 Å². The second-order valence-corrected chi connectivity index (χ2v) is 3.63. The Hall–Kier alpha value is -1.65. The third-order valence-corrected chi connectivity index (χ3v) is 2.38. The molecule has 2 N–H and O–H groups in total. The van der Waals surface area contributed by atoms with E-state index in [2.05, 4.69) is 10.3 Å². The summed E-state index contributed by atoms with van der Waals surface area (Å²) >= 11 is 0. The van der Waals surface area contributed by atoms with E-state index in [1.807, 2.05) is 0 Å². The molecule has 0 unspecified atom stereocenters. The van der Waals surface area contributed by atoms with Crippen LogP contribution in [-0.2, 0) is 6.54 Å². The molecule has 0 aromatic carbocycles. The van der Waals surface area contributed by atoms with Gasteiger partial charge in [0.05, 0.1) is 6.20 Å². The summed E-state index contributed by atoms with van der Waals surface area (Å²) in [7, 11) is 0. The van der Waals surface area contributed by atoms with Crippen molar-refractivity contribution in [2.45, 2.75) is 25.3 Å². The maximum atomic E-state index is 13.2. The van der Waals surface area contributed by atoms with Crippen molar-refractivity contribution in [3.05, 3.63) is 29.3 Å². The van der Waals surface area contributed by atoms with Crippen molar-refractivity contribution in [3.63, 3.8) is 0 Å². The van der Waals surface area contributed by atoms with Gasteiger partial charge in [-0.25, -0.2) is 9.18 Å². The number of carboxylic acid groups (broad SMARTS) is 1. The maximum Gasteiger partial charge on any atom is 0.404 e. The van der Waals surface area contributed by atoms with E-state index in [0.717, 1.165) is 24.7 Å². The standard InChI is InChI=1S/C10H11FN2O2/c11-8-5-12-9(6-1-2-6)3-7(8)4-13-10(14)15/h3,5-6,13H,1-2,4H2,(H,14,15). The lowest BCUT2D eigenvalue weighted by atomic mass is 10.1. The quantitative estimate of drug-likeness (QED) is 0.800. The van der Waals surface area contributed by atoms with Crippen LogP contribution in [-0.4, -0.2) is 16.2 Å². The van der Waals surface area contributed by atoms with E-state index in [-0.39, 0.29) is 6.54 Å². The first kappa shape index (κ1) is 9.89. The highest BCUT2D eigenvalue weighted by atomic mass is 19.1. The van der Waals surface area contributed by atoms with Crippen molar-refractivity contribution < 1.29 is 14.3 Å². The lowest BCUT2D eigenvalue weighted by Crippen LogP contribution is -2.20. The fourth-order valence-corrected chi connectivity index (χ4v) is 1.41. The highest BCUT2D eigenvalue weighted by molar-refractivity contribution is 5.64. The van der Waals surface area contributed by atoms with E-state index in [0.29, 0.717) is 11.5 Å². The van der Waals surface area contributed by atoms with Gasteiger partial charge in [-0.3, -0.25) is 4.98 Å². The number of pyridine rings is 1. The predicted octanol–water partition coefficient (Wildman–Crippen LogP) is 1.87. The van der Waals surface area contributed by atoms with Crippen LogP contribution >= 0.6 is 0 Å². The molecule has 0 saturated heterocycles. The number of amides is 1. The fourth-order valence-electron chi connectivity index (χ4n) is 1.41. The molecule has 4 nitrogen and oxygen atoms in total. The van der Waals surface area contributed by atoms with Gasteiger partial charge in [-0.1, -0.05) is 0 Å². The molecule has 0 atom stereocenters. The number of hydrogen-bond donors (Lipinski definition) is 2. The van der Waals surface area contributed by atoms with Gasteiger partial charge < -0.3 is 10.4 Å². The molecule has 2 rings (SSSR count). The minimum absolute atomic E-state index is 0.0105. The lowest BCUT2D eigenvalue weighted by molar-refractivity contribution is 0.194. The molecule has 1 aliphatic carbocycles. The number of halogens is 1. The topological polar surface area (TPSA) is 62.2 Å². The summed E-state index contributed by atoms with van der Waals surface area (Å²) in [6, 6.07) is 1.64. The molecule has 0 bridgehead atoms. The third kappa shape index (κ3) is 2.43. The van der Waals surface area contributed by atoms with Gasteiger partial charge in [-0.2, -0.15) is 0 Å². The number of aromatic nitrogens is 1. The Morgan fingerprint density at radius 1 is 1.67 bits per heavy atom. The summed E-state index contributed by atoms with van der Waals surface area (Å²) in [6.45, 7) is -0.0105. The Morgan fingerprint density at radius 2 is 2.40 bits per heavy atom. The molecule has 0 radical (unpaired) electrons. The SMILES string of the molecule is O=C(O)NCc1cc(C2CC2)ncc1F. The number of nitrogens with zero attached hydrogens (tertiary/aromatic N) is 1. The van der Waals surface area contributed by atoms with Gasteiger partial charge in [-0.05, 0) is 18.9 Å². The minimum atomic E-state index is -1.15. The normalized spacial score (nSPS) is 15.0. The van der Waals surface area contributed by atoms with Crippen LogP contribution in [0.3, 0.4) is 0 Å². The number of nitrogens with one attached hydrogen (secondary N) is 1. The molecule has 5 heteroatoms. The molecule has 1 aromatic rings. The first-order valence-corrected chi connectivity index (χ1v) is 4.78. The Balaban J connectivity index is 2.13. The number of rotatable bonds is 3. The van der Waals surface area contributed by atoms with Crippen molar-refractivity contribution in [2.75, 3.05) is 0 Å². The zero-order valence-electron chi connectivity index (χ0n) is 8.03. The van der Waals surface area contributed by atoms with Gasteiger partial charge in [-0.15, -0.1) is 0 Å². The highest BCUT2D eigenvalue weighted by Crippen LogP contribution is 2.39. The zero-order valence-corrected chi connectivity index (χ0v) is 8.03. The molecule has 1 saturated carbocycles. The van der Waals surface area contributed by atoms with E-state index in [4.69, 9.17) is 5.11 Å². The van der Waals surface area contributed by atoms with E-state index in [1.165, 1.54) is 0 Å². The van der Waals surface area contributed by atoms with Gasteiger partial charge in [0.2, 0.25) is 0 Å². The summed E-state index contributed by atoms with van der Waals surface area (Å²) in [5, 5.41) is 10.5. The molecule has 1 heterocycles. The van der Waals surface area contributed by atoms with Crippen molar-refractivity contribution in [1.82, 2.24) is 10.3 Å². The average molecular weight is 210 g/mol. The van der Waals surface area contributed by atoms with Gasteiger partial charge in [0, 0.05) is 23.7 Å². The smallest absolute Gasteiger partial charge is 0.404 e. The second-order valence-electron chi connectivity index (χ2n) is 3.63. The molecular weight excluding hydrogens is 199 g/mol. The first-order valence-electron chi connectivity index (χ1n) is 4.78. The van der Waals surface area contributed by atoms with Crippen LogP contribution < -0.4 is 5.32 Å². The molecular formula is C10H11FN2O2. The van der Waals surface area contributed by atoms with Crippen LogP contribution in [0, 0.1) is 5.82 Å². The Bertz CT molecular complexity index is 391. The van der Waals surface area contributed by atoms with Crippen molar-refractivity contribution in [3.8, 4) is 0 Å². The van der Waals surface area contributed by atoms with Crippen LogP contribution in [0.25, 0.3) is 0 Å². The van der Waals surface area contributed by atoms with Gasteiger partial charge in [0.25, 0.3) is 0 Å². The Morgan fingerprint density at radius 3 is 3.00 bits per heavy atom. The number of carbonyl (C=O) groups is 1. The molecule has 1 aliphatic rings. The molecule has 0 spiro atoms. The summed E-state index contributed by atoms with van der Waals surface area (Å²) < 4.78 is 13.2. The van der Waals surface area contributed by atoms with Crippen molar-refractivity contribution in [1.29, 1.82) is 0 Å². The predicted molar refractivity (Wildman–Crippen MR) is 51.0 cm³/mol. The van der Waals surface area contributed by atoms with E-state index >= 15 is 0 Å². The summed E-state index contributed by atoms with van der Waals surface area (Å²) in [4.78, 5) is 14.2. The minimum Gasteiger partial charge on any atom is -0.465 e. The highest BCUT2D eigenvalue weighted by Gasteiger charge is 2.25. The zero-order chi connectivity index (χ0) is 10.8. The van der Waals surface area contributed by atoms with E-state index in [1.54, 1.807) is 6.07 Å². The van der Waals surface area contributed by atoms with E-state index < -0.39 is 11.9 Å². The Labute approximate surface area is 86.1 Å². The molecule has 0 aliphatic heterocycles. The molecule has 1 amide bonds. The fraction of sp³-hybridized carbons (Fsp3) is 0.400. The molecule has 1 fully saturated rings. The second kappa shape index (κ2) is 3.84. The van der Waals surface area contributed by atoms with Crippen LogP contribution in [0.2, 0.25) is 0 Å². The summed E-state index contributed by atoms with van der Waals surface area (Å²) in [5.74, 6) is -0.0256. The lowest BCUT2D eigenvalue weighted by Gasteiger charge is -2.05. The largest absolute Gasteiger partial charge is 0.465 e. The van der Waals surface area contributed by atoms with Gasteiger partial charge >= 0.3 is 6.09 Å². The van der Waals surface area contributed by atoms with Gasteiger partial charge in [0.1, 0.15) is 5.82 Å². The number of hydrogen-bond acceptors (Lipinski definition) is 2. The molecule has 80 valence electrons. The van der Waals surface area contributed by atoms with Gasteiger partial charge in [0.15, 0.2) is 0 Å². The average Bonchev–Trinajstić information content (AvgIpc) is 3.00. The maximum absolute atomic E-state index is 13.2. The summed E-state index contributed by atoms with van der Waals surface area (Å²) in [5.41, 5.74) is 1.22. The summed E-state index contributed by atoms with van der Waals surface area (Å²) in [6.07, 6.45) is 2.18. The first-order chi connectivity index (χ1) is 7.16. The molecule has 1 aromatic heterocycles. The van der Waals surface area contributed by atoms with Crippen LogP contribution in [0.15, 0.2) is 12.3 Å². The van der Waals surface area contributed by atoms with Crippen LogP contribution in [0.5, 0.6) is 0 Å². The monoisotopic (exact) mass is 210 g/mol. The van der Waals surface area contributed by atoms with Crippen molar-refractivity contribution >= 4 is 6.09 Å². The van der Waals surface area contributed by atoms with E-state index in [9.17, 15) is 9.18 Å². The molecule has 15 heavy (non-hydrogen) atoms. The van der Waals surface area contributed by atoms with Crippen LogP contribution in [0.4, 0.5) is 9.18 Å². The Kier molecular flexibility index (Phi) is 2.53. The third-order valence-electron chi connectivity index (χ3n) is 2.38. The van der Waals surface area contributed by atoms with Crippen LogP contribution in [0.1, 0.15) is 30.0 Å².